The van der Waals surface area contributed by atoms with Crippen molar-refractivity contribution in [3.05, 3.63) is 0 Å². The fourth-order valence-corrected chi connectivity index (χ4v) is 0.895. The van der Waals surface area contributed by atoms with Crippen LogP contribution in [0.15, 0.2) is 0 Å². The fourth-order valence-electron chi connectivity index (χ4n) is 0.895. The zero-order chi connectivity index (χ0) is 7.98. The second-order valence-corrected chi connectivity index (χ2v) is 1.99. The van der Waals surface area contributed by atoms with Gasteiger partial charge in [0, 0.05) is 43.6 Å². The van der Waals surface area contributed by atoms with E-state index in [1.165, 1.54) is 0 Å². The quantitative estimate of drug-likeness (QED) is 0.572. The second-order valence-electron chi connectivity index (χ2n) is 1.99. The van der Waals surface area contributed by atoms with Crippen LogP contribution in [-0.2, 0) is 31.0 Å². The van der Waals surface area contributed by atoms with E-state index >= 15 is 0 Å². The maximum absolute atomic E-state index is 10.1. The zero-order valence-corrected chi connectivity index (χ0v) is 10.8. The number of rotatable bonds is 1. The topological polar surface area (TPSA) is 69.6 Å². The van der Waals surface area contributed by atoms with Gasteiger partial charge in [-0.3, -0.25) is 9.45 Å². The Bertz CT molecular complexity index is 113. The molecule has 1 saturated heterocycles. The Morgan fingerprint density at radius 2 is 2.00 bits per heavy atom. The molecule has 1 heterocycles. The van der Waals surface area contributed by atoms with E-state index < -0.39 is 5.97 Å². The van der Waals surface area contributed by atoms with Gasteiger partial charge in [0.2, 0.25) is 0 Å². The molecule has 3 N–H and O–H groups in total. The van der Waals surface area contributed by atoms with Gasteiger partial charge in [-0.1, -0.05) is 0 Å². The average Bonchev–Trinajstić information content (AvgIpc) is 2.42. The van der Waals surface area contributed by atoms with Crippen LogP contribution in [0.2, 0.25) is 0 Å². The summed E-state index contributed by atoms with van der Waals surface area (Å²) in [6, 6.07) is -0.269. The van der Waals surface area contributed by atoms with Crippen molar-refractivity contribution in [1.29, 1.82) is 0 Å². The van der Waals surface area contributed by atoms with E-state index in [9.17, 15) is 4.79 Å². The van der Waals surface area contributed by atoms with Gasteiger partial charge in [0.25, 0.3) is 0 Å². The van der Waals surface area contributed by atoms with Crippen LogP contribution < -0.4 is 5.32 Å². The van der Waals surface area contributed by atoms with Crippen molar-refractivity contribution in [2.75, 3.05) is 6.54 Å². The Kier molecular flexibility index (Phi) is 18.9. The van der Waals surface area contributed by atoms with Gasteiger partial charge in [0.1, 0.15) is 6.04 Å². The molecule has 12 heavy (non-hydrogen) atoms. The molecule has 1 atom stereocenters. The number of carbonyl (C=O) groups is 1. The summed E-state index contributed by atoms with van der Waals surface area (Å²) < 4.78 is 6.47. The number of aliphatic carboxylic acids is 1. The molecule has 0 aromatic heterocycles. The van der Waals surface area contributed by atoms with Gasteiger partial charge < -0.3 is 10.4 Å². The Morgan fingerprint density at radius 3 is 2.17 bits per heavy atom. The van der Waals surface area contributed by atoms with Gasteiger partial charge in [-0.05, 0) is 19.4 Å². The number of halogens is 1. The third-order valence-electron chi connectivity index (χ3n) is 1.36. The predicted octanol–water partition coefficient (Wildman–Crippen LogP) is -0.428. The molecule has 1 fully saturated rings. The van der Waals surface area contributed by atoms with Crippen molar-refractivity contribution >= 4 is 35.2 Å². The summed E-state index contributed by atoms with van der Waals surface area (Å²) in [5, 5.41) is 11.2. The number of hydrogen-bond acceptors (Lipinski definition) is 3. The van der Waals surface area contributed by atoms with E-state index in [0.717, 1.165) is 19.4 Å². The van der Waals surface area contributed by atoms with Gasteiger partial charge in [0.15, 0.2) is 0 Å². The molecule has 1 aliphatic rings. The van der Waals surface area contributed by atoms with E-state index in [4.69, 9.17) is 9.77 Å². The number of carboxylic acid groups (broad SMARTS) is 1. The van der Waals surface area contributed by atoms with Crippen molar-refractivity contribution < 1.29 is 40.8 Å². The van der Waals surface area contributed by atoms with Crippen molar-refractivity contribution in [3.63, 3.8) is 0 Å². The van der Waals surface area contributed by atoms with Crippen LogP contribution >= 0.6 is 11.9 Å². The Hall–Kier alpha value is 1.10. The van der Waals surface area contributed by atoms with Gasteiger partial charge in [-0.15, -0.1) is 0 Å². The monoisotopic (exact) mass is 284 g/mol. The van der Waals surface area contributed by atoms with Crippen LogP contribution in [0.5, 0.6) is 0 Å². The van der Waals surface area contributed by atoms with Crippen LogP contribution in [0.25, 0.3) is 0 Å². The van der Waals surface area contributed by atoms with Crippen molar-refractivity contribution in [1.82, 2.24) is 5.32 Å². The first-order chi connectivity index (χ1) is 4.80. The SMILES string of the molecule is O=C(O)[C@@H]1CCCN1.OCl.[Al].[Zr]. The van der Waals surface area contributed by atoms with Crippen LogP contribution in [0.1, 0.15) is 12.8 Å². The first kappa shape index (κ1) is 18.8. The van der Waals surface area contributed by atoms with E-state index in [-0.39, 0.29) is 49.6 Å². The Labute approximate surface area is 106 Å². The molecule has 7 heteroatoms. The summed E-state index contributed by atoms with van der Waals surface area (Å²) in [6.07, 6.45) is 1.78. The number of nitrogens with one attached hydrogen (secondary N) is 1. The normalized spacial score (nSPS) is 19.3. The number of hydrogen-bond donors (Lipinski definition) is 3. The molecule has 0 aliphatic carbocycles. The van der Waals surface area contributed by atoms with E-state index in [2.05, 4.69) is 17.2 Å². The maximum Gasteiger partial charge on any atom is 0.320 e. The van der Waals surface area contributed by atoms with Crippen LogP contribution in [0.4, 0.5) is 0 Å². The minimum Gasteiger partial charge on any atom is -0.480 e. The Morgan fingerprint density at radius 1 is 1.50 bits per heavy atom. The predicted molar refractivity (Wildman–Crippen MR) is 42.5 cm³/mol. The molecule has 0 aromatic carbocycles. The van der Waals surface area contributed by atoms with Crippen LogP contribution in [0.3, 0.4) is 0 Å². The zero-order valence-electron chi connectivity index (χ0n) is 6.46. The standard InChI is InChI=1S/C5H9NO2.Al.ClHO.Zr/c7-5(8)4-2-1-3-6-4;;1-2;/h4,6H,1-3H2,(H,7,8);;2H;/t4-;;;/m0.../s1. The van der Waals surface area contributed by atoms with Gasteiger partial charge in [0.05, 0.1) is 11.9 Å². The van der Waals surface area contributed by atoms with Crippen molar-refractivity contribution in [2.45, 2.75) is 18.9 Å². The molecule has 4 nitrogen and oxygen atoms in total. The maximum atomic E-state index is 10.1. The van der Waals surface area contributed by atoms with Gasteiger partial charge in [-0.25, -0.2) is 0 Å². The van der Waals surface area contributed by atoms with Crippen molar-refractivity contribution in [3.8, 4) is 0 Å². The summed E-state index contributed by atoms with van der Waals surface area (Å²) in [4.78, 5) is 10.1. The molecule has 0 bridgehead atoms. The molecular weight excluding hydrogens is 276 g/mol. The first-order valence-corrected chi connectivity index (χ1v) is 3.27. The summed E-state index contributed by atoms with van der Waals surface area (Å²) in [5.41, 5.74) is 0. The summed E-state index contributed by atoms with van der Waals surface area (Å²) in [5.74, 6) is -0.720. The molecule has 0 spiro atoms. The fraction of sp³-hybridized carbons (Fsp3) is 0.800. The molecular formula is C5H10AlClNO3Zr. The minimum atomic E-state index is -0.720. The molecule has 0 amide bonds. The molecule has 0 unspecified atom stereocenters. The summed E-state index contributed by atoms with van der Waals surface area (Å²) >= 11 is 3.64. The number of carboxylic acids is 1. The van der Waals surface area contributed by atoms with Gasteiger partial charge >= 0.3 is 5.97 Å². The van der Waals surface area contributed by atoms with Crippen LogP contribution in [-0.4, -0.2) is 45.7 Å². The summed E-state index contributed by atoms with van der Waals surface area (Å²) in [7, 11) is 0. The largest absolute Gasteiger partial charge is 0.480 e. The molecule has 0 saturated carbocycles. The second kappa shape index (κ2) is 12.1. The molecule has 3 radical (unpaired) electrons. The average molecular weight is 286 g/mol. The van der Waals surface area contributed by atoms with E-state index in [0.29, 0.717) is 0 Å². The van der Waals surface area contributed by atoms with Gasteiger partial charge in [-0.2, -0.15) is 0 Å². The molecule has 1 aliphatic heterocycles. The summed E-state index contributed by atoms with van der Waals surface area (Å²) in [6.45, 7) is 0.858. The van der Waals surface area contributed by atoms with Crippen LogP contribution in [0, 0.1) is 0 Å². The molecule has 0 aromatic rings. The third-order valence-corrected chi connectivity index (χ3v) is 1.36. The van der Waals surface area contributed by atoms with E-state index in [1.54, 1.807) is 0 Å². The van der Waals surface area contributed by atoms with Crippen molar-refractivity contribution in [2.24, 2.45) is 0 Å². The molecule has 1 rings (SSSR count). The van der Waals surface area contributed by atoms with E-state index in [1.807, 2.05) is 0 Å². The smallest absolute Gasteiger partial charge is 0.320 e. The molecule has 67 valence electrons. The Balaban J connectivity index is -0.000000189. The third kappa shape index (κ3) is 7.73. The first-order valence-electron chi connectivity index (χ1n) is 2.94. The minimum absolute atomic E-state index is 0.